The zero-order valence-electron chi connectivity index (χ0n) is 11.5. The lowest BCUT2D eigenvalue weighted by Gasteiger charge is -2.20. The van der Waals surface area contributed by atoms with E-state index in [1.807, 2.05) is 0 Å². The maximum atomic E-state index is 12.0. The Balaban J connectivity index is 1.81. The number of urea groups is 2. The van der Waals surface area contributed by atoms with Crippen LogP contribution in [0.5, 0.6) is 0 Å². The lowest BCUT2D eigenvalue weighted by molar-refractivity contribution is 0.197. The Kier molecular flexibility index (Phi) is 5.11. The van der Waals surface area contributed by atoms with Crippen molar-refractivity contribution in [2.75, 3.05) is 19.4 Å². The molecule has 112 valence electrons. The molecule has 0 unspecified atom stereocenters. The highest BCUT2D eigenvalue weighted by molar-refractivity contribution is 7.97. The summed E-state index contributed by atoms with van der Waals surface area (Å²) in [6.07, 6.45) is 4.60. The van der Waals surface area contributed by atoms with E-state index in [2.05, 4.69) is 10.0 Å². The molecule has 7 nitrogen and oxygen atoms in total. The van der Waals surface area contributed by atoms with Crippen molar-refractivity contribution in [2.45, 2.75) is 25.7 Å². The molecule has 2 rings (SSSR count). The summed E-state index contributed by atoms with van der Waals surface area (Å²) in [5.74, 6) is 2.01. The Bertz CT molecular complexity index is 396. The van der Waals surface area contributed by atoms with Crippen LogP contribution in [0.1, 0.15) is 25.7 Å². The van der Waals surface area contributed by atoms with Gasteiger partial charge in [0.2, 0.25) is 0 Å². The van der Waals surface area contributed by atoms with Gasteiger partial charge in [-0.05, 0) is 49.5 Å². The van der Waals surface area contributed by atoms with Crippen LogP contribution in [0, 0.1) is 17.2 Å². The molecule has 0 saturated heterocycles. The molecule has 3 N–H and O–H groups in total. The topological polar surface area (TPSA) is 94.5 Å². The fourth-order valence-electron chi connectivity index (χ4n) is 1.55. The van der Waals surface area contributed by atoms with Gasteiger partial charge in [0.05, 0.1) is 7.11 Å². The molecule has 8 heteroatoms. The third kappa shape index (κ3) is 4.59. The maximum absolute atomic E-state index is 12.0. The lowest BCUT2D eigenvalue weighted by atomic mass is 10.4. The highest BCUT2D eigenvalue weighted by Gasteiger charge is 2.30. The summed E-state index contributed by atoms with van der Waals surface area (Å²) in [5.41, 5.74) is 0. The summed E-state index contributed by atoms with van der Waals surface area (Å²) in [4.78, 5) is 24.6. The number of methoxy groups -OCH3 is 1. The molecule has 4 amide bonds. The second-order valence-electron chi connectivity index (χ2n) is 5.14. The molecular weight excluding hydrogens is 280 g/mol. The molecule has 2 saturated carbocycles. The van der Waals surface area contributed by atoms with E-state index >= 15 is 0 Å². The van der Waals surface area contributed by atoms with Gasteiger partial charge < -0.3 is 10.1 Å². The third-order valence-corrected chi connectivity index (χ3v) is 4.17. The van der Waals surface area contributed by atoms with Crippen LogP contribution >= 0.6 is 11.9 Å². The fourth-order valence-corrected chi connectivity index (χ4v) is 2.42. The van der Waals surface area contributed by atoms with Crippen molar-refractivity contribution < 1.29 is 14.3 Å². The molecule has 0 aromatic rings. The van der Waals surface area contributed by atoms with E-state index in [1.165, 1.54) is 31.9 Å². The second-order valence-corrected chi connectivity index (χ2v) is 5.96. The highest BCUT2D eigenvalue weighted by atomic mass is 32.2. The molecule has 0 atom stereocenters. The van der Waals surface area contributed by atoms with Gasteiger partial charge in [-0.1, -0.05) is 0 Å². The third-order valence-electron chi connectivity index (χ3n) is 3.22. The van der Waals surface area contributed by atoms with Crippen LogP contribution in [0.3, 0.4) is 0 Å². The summed E-state index contributed by atoms with van der Waals surface area (Å²) < 4.78 is 7.27. The summed E-state index contributed by atoms with van der Waals surface area (Å²) in [6, 6.07) is -1.74. The zero-order chi connectivity index (χ0) is 14.5. The van der Waals surface area contributed by atoms with Crippen LogP contribution in [0.2, 0.25) is 0 Å². The molecule has 2 fully saturated rings. The van der Waals surface area contributed by atoms with Gasteiger partial charge in [-0.3, -0.25) is 10.1 Å². The monoisotopic (exact) mass is 300 g/mol. The predicted molar refractivity (Wildman–Crippen MR) is 76.4 cm³/mol. The first-order chi connectivity index (χ1) is 9.61. The second kappa shape index (κ2) is 6.83. The van der Waals surface area contributed by atoms with Crippen molar-refractivity contribution in [3.05, 3.63) is 0 Å². The number of imide groups is 1. The van der Waals surface area contributed by atoms with Crippen LogP contribution in [0.4, 0.5) is 9.59 Å². The van der Waals surface area contributed by atoms with Gasteiger partial charge in [0.15, 0.2) is 0 Å². The minimum absolute atomic E-state index is 0.484. The molecule has 2 aliphatic rings. The summed E-state index contributed by atoms with van der Waals surface area (Å²) in [6.45, 7) is 0.537. The first-order valence-electron chi connectivity index (χ1n) is 6.74. The largest absolute Gasteiger partial charge is 0.468 e. The molecular formula is C12H20N4O3S. The van der Waals surface area contributed by atoms with Crippen molar-refractivity contribution in [1.29, 1.82) is 5.41 Å². The molecule has 0 aromatic carbocycles. The van der Waals surface area contributed by atoms with Gasteiger partial charge in [0, 0.05) is 12.3 Å². The Labute approximate surface area is 122 Å². The van der Waals surface area contributed by atoms with E-state index in [0.717, 1.165) is 18.6 Å². The molecule has 0 spiro atoms. The quantitative estimate of drug-likeness (QED) is 0.409. The molecule has 0 heterocycles. The summed E-state index contributed by atoms with van der Waals surface area (Å²) >= 11 is 1.27. The number of amides is 4. The van der Waals surface area contributed by atoms with E-state index in [-0.39, 0.29) is 0 Å². The van der Waals surface area contributed by atoms with Gasteiger partial charge in [-0.2, -0.15) is 4.90 Å². The lowest BCUT2D eigenvalue weighted by Crippen LogP contribution is -2.51. The number of amidine groups is 1. The van der Waals surface area contributed by atoms with Crippen molar-refractivity contribution in [3.63, 3.8) is 0 Å². The first-order valence-corrected chi connectivity index (χ1v) is 7.72. The Hall–Kier alpha value is -1.44. The van der Waals surface area contributed by atoms with Crippen LogP contribution in [0.15, 0.2) is 0 Å². The molecule has 0 aliphatic heterocycles. The van der Waals surface area contributed by atoms with Crippen LogP contribution in [-0.4, -0.2) is 42.4 Å². The Morgan fingerprint density at radius 1 is 1.25 bits per heavy atom. The van der Waals surface area contributed by atoms with E-state index in [9.17, 15) is 9.59 Å². The van der Waals surface area contributed by atoms with Crippen molar-refractivity contribution in [3.8, 4) is 0 Å². The number of hydrogen-bond acceptors (Lipinski definition) is 5. The van der Waals surface area contributed by atoms with Gasteiger partial charge in [-0.25, -0.2) is 9.59 Å². The predicted octanol–water partition coefficient (Wildman–Crippen LogP) is 1.76. The van der Waals surface area contributed by atoms with E-state index < -0.39 is 18.1 Å². The molecule has 0 aromatic heterocycles. The average molecular weight is 300 g/mol. The van der Waals surface area contributed by atoms with E-state index in [0.29, 0.717) is 23.3 Å². The molecule has 0 radical (unpaired) electrons. The van der Waals surface area contributed by atoms with Gasteiger partial charge in [-0.15, -0.1) is 0 Å². The summed E-state index contributed by atoms with van der Waals surface area (Å²) in [5, 5.41) is 10.2. The maximum Gasteiger partial charge on any atom is 0.343 e. The number of carbonyl (C=O) groups is 2. The van der Waals surface area contributed by atoms with Crippen LogP contribution in [-0.2, 0) is 4.74 Å². The number of hydrogen-bond donors (Lipinski definition) is 3. The fraction of sp³-hybridized carbons (Fsp3) is 0.750. The van der Waals surface area contributed by atoms with Crippen molar-refractivity contribution >= 4 is 30.0 Å². The minimum atomic E-state index is -0.643. The van der Waals surface area contributed by atoms with Gasteiger partial charge >= 0.3 is 18.1 Å². The number of rotatable bonds is 5. The number of nitrogens with one attached hydrogen (secondary N) is 3. The van der Waals surface area contributed by atoms with Crippen molar-refractivity contribution in [1.82, 2.24) is 14.9 Å². The Morgan fingerprint density at radius 2 is 1.90 bits per heavy atom. The minimum Gasteiger partial charge on any atom is -0.468 e. The number of carbonyl (C=O) groups excluding carboxylic acids is 2. The zero-order valence-corrected chi connectivity index (χ0v) is 12.3. The number of nitrogens with zero attached hydrogens (tertiary/aromatic N) is 1. The van der Waals surface area contributed by atoms with Gasteiger partial charge in [0.25, 0.3) is 0 Å². The average Bonchev–Trinajstić information content (AvgIpc) is 3.29. The normalized spacial score (nSPS) is 17.2. The van der Waals surface area contributed by atoms with E-state index in [1.54, 1.807) is 0 Å². The van der Waals surface area contributed by atoms with Crippen LogP contribution in [0.25, 0.3) is 0 Å². The Morgan fingerprint density at radius 3 is 2.45 bits per heavy atom. The molecule has 2 aliphatic carbocycles. The van der Waals surface area contributed by atoms with Crippen molar-refractivity contribution in [2.24, 2.45) is 11.8 Å². The molecule has 20 heavy (non-hydrogen) atoms. The number of ether oxygens (including phenoxy) is 1. The van der Waals surface area contributed by atoms with Gasteiger partial charge in [0.1, 0.15) is 0 Å². The highest BCUT2D eigenvalue weighted by Crippen LogP contribution is 2.31. The smallest absolute Gasteiger partial charge is 0.343 e. The molecule has 0 bridgehead atoms. The SMILES string of the molecule is COC(=N)N(C(=O)NCC1CC1)C(=O)NSCC1CC1. The van der Waals surface area contributed by atoms with Crippen LogP contribution < -0.4 is 10.0 Å². The van der Waals surface area contributed by atoms with E-state index in [4.69, 9.17) is 10.1 Å². The standard InChI is InChI=1S/C12H20N4O3S/c1-19-10(13)16(11(17)14-6-8-2-3-8)12(18)15-20-7-9-4-5-9/h8-9,13H,2-7H2,1H3,(H,14,17)(H,15,18). The first kappa shape index (κ1) is 15.0. The summed E-state index contributed by atoms with van der Waals surface area (Å²) in [7, 11) is 1.26.